The van der Waals surface area contributed by atoms with Crippen LogP contribution < -0.4 is 5.11 Å². The molecule has 1 rings (SSSR count). The average Bonchev–Trinajstić information content (AvgIpc) is 2.55. The van der Waals surface area contributed by atoms with Gasteiger partial charge in [0.2, 0.25) is 5.91 Å². The summed E-state index contributed by atoms with van der Waals surface area (Å²) in [5, 5.41) is 14.6. The molecule has 0 radical (unpaired) electrons. The molecule has 106 valence electrons. The number of aromatic nitrogens is 2. The van der Waals surface area contributed by atoms with Crippen molar-refractivity contribution in [2.75, 3.05) is 7.05 Å². The molecule has 0 fully saturated rings. The molecular weight excluding hydrogens is 246 g/mol. The molecule has 1 aromatic heterocycles. The second-order valence-electron chi connectivity index (χ2n) is 4.75. The lowest BCUT2D eigenvalue weighted by molar-refractivity contribution is -0.305. The van der Waals surface area contributed by atoms with E-state index in [9.17, 15) is 14.7 Å². The maximum Gasteiger partial charge on any atom is 0.222 e. The molecule has 1 heterocycles. The minimum Gasteiger partial charge on any atom is -0.550 e. The topological polar surface area (TPSA) is 78.3 Å². The number of aliphatic carboxylic acids is 1. The van der Waals surface area contributed by atoms with Gasteiger partial charge in [0, 0.05) is 44.3 Å². The smallest absolute Gasteiger partial charge is 0.222 e. The minimum absolute atomic E-state index is 0.0658. The number of carboxylic acid groups (broad SMARTS) is 1. The molecule has 0 N–H and O–H groups in total. The standard InChI is InChI=1S/C13H21N3O3/c1-9-11(10(2)16(4)14-9)8-15(3)12(17)6-5-7-13(18)19/h5-8H2,1-4H3,(H,18,19)/p-1. The zero-order valence-corrected chi connectivity index (χ0v) is 11.9. The van der Waals surface area contributed by atoms with E-state index < -0.39 is 5.97 Å². The largest absolute Gasteiger partial charge is 0.550 e. The molecule has 0 bridgehead atoms. The Labute approximate surface area is 113 Å². The summed E-state index contributed by atoms with van der Waals surface area (Å²) < 4.78 is 1.79. The summed E-state index contributed by atoms with van der Waals surface area (Å²) in [6, 6.07) is 0. The van der Waals surface area contributed by atoms with Gasteiger partial charge in [0.15, 0.2) is 0 Å². The van der Waals surface area contributed by atoms with Crippen molar-refractivity contribution in [3.8, 4) is 0 Å². The summed E-state index contributed by atoms with van der Waals surface area (Å²) in [5.74, 6) is -1.18. The number of carbonyl (C=O) groups excluding carboxylic acids is 2. The van der Waals surface area contributed by atoms with Crippen molar-refractivity contribution in [2.45, 2.75) is 39.7 Å². The van der Waals surface area contributed by atoms with Crippen LogP contribution in [0.1, 0.15) is 36.2 Å². The van der Waals surface area contributed by atoms with Crippen LogP contribution in [-0.4, -0.2) is 33.6 Å². The van der Waals surface area contributed by atoms with Gasteiger partial charge in [0.25, 0.3) is 0 Å². The molecule has 6 nitrogen and oxygen atoms in total. The van der Waals surface area contributed by atoms with Gasteiger partial charge in [-0.3, -0.25) is 9.48 Å². The number of hydrogen-bond donors (Lipinski definition) is 0. The van der Waals surface area contributed by atoms with E-state index >= 15 is 0 Å². The van der Waals surface area contributed by atoms with E-state index in [0.29, 0.717) is 13.0 Å². The molecule has 0 aromatic carbocycles. The number of nitrogens with zero attached hydrogens (tertiary/aromatic N) is 3. The Kier molecular flexibility index (Phi) is 5.09. The highest BCUT2D eigenvalue weighted by atomic mass is 16.4. The molecule has 1 aromatic rings. The molecule has 19 heavy (non-hydrogen) atoms. The van der Waals surface area contributed by atoms with Crippen LogP contribution in [0.3, 0.4) is 0 Å². The van der Waals surface area contributed by atoms with Crippen LogP contribution in [0.15, 0.2) is 0 Å². The fourth-order valence-corrected chi connectivity index (χ4v) is 1.95. The first-order chi connectivity index (χ1) is 8.82. The normalized spacial score (nSPS) is 10.5. The van der Waals surface area contributed by atoms with Crippen molar-refractivity contribution >= 4 is 11.9 Å². The van der Waals surface area contributed by atoms with Gasteiger partial charge >= 0.3 is 0 Å². The number of rotatable bonds is 6. The van der Waals surface area contributed by atoms with Gasteiger partial charge < -0.3 is 14.8 Å². The third kappa shape index (κ3) is 4.08. The van der Waals surface area contributed by atoms with E-state index in [-0.39, 0.29) is 18.7 Å². The van der Waals surface area contributed by atoms with E-state index in [0.717, 1.165) is 17.0 Å². The molecule has 0 atom stereocenters. The predicted molar refractivity (Wildman–Crippen MR) is 68.0 cm³/mol. The Hall–Kier alpha value is -1.85. The van der Waals surface area contributed by atoms with E-state index in [4.69, 9.17) is 0 Å². The van der Waals surface area contributed by atoms with Crippen LogP contribution in [0.5, 0.6) is 0 Å². The second-order valence-corrected chi connectivity index (χ2v) is 4.75. The summed E-state index contributed by atoms with van der Waals surface area (Å²) in [5.41, 5.74) is 2.99. The van der Waals surface area contributed by atoms with E-state index in [1.807, 2.05) is 20.9 Å². The van der Waals surface area contributed by atoms with Crippen LogP contribution in [0.25, 0.3) is 0 Å². The van der Waals surface area contributed by atoms with Crippen LogP contribution in [0.4, 0.5) is 0 Å². The summed E-state index contributed by atoms with van der Waals surface area (Å²) in [6.07, 6.45) is 0.462. The van der Waals surface area contributed by atoms with Crippen LogP contribution in [0, 0.1) is 13.8 Å². The first-order valence-corrected chi connectivity index (χ1v) is 6.25. The van der Waals surface area contributed by atoms with E-state index in [1.165, 1.54) is 0 Å². The molecule has 0 saturated heterocycles. The quantitative estimate of drug-likeness (QED) is 0.721. The molecule has 0 aliphatic carbocycles. The highest BCUT2D eigenvalue weighted by Crippen LogP contribution is 2.14. The number of hydrogen-bond acceptors (Lipinski definition) is 4. The van der Waals surface area contributed by atoms with Crippen molar-refractivity contribution < 1.29 is 14.7 Å². The second kappa shape index (κ2) is 6.36. The van der Waals surface area contributed by atoms with Crippen molar-refractivity contribution in [3.63, 3.8) is 0 Å². The molecule has 6 heteroatoms. The molecule has 0 aliphatic heterocycles. The number of carboxylic acids is 1. The number of carbonyl (C=O) groups is 2. The monoisotopic (exact) mass is 266 g/mol. The zero-order valence-electron chi connectivity index (χ0n) is 11.9. The average molecular weight is 266 g/mol. The highest BCUT2D eigenvalue weighted by Gasteiger charge is 2.14. The summed E-state index contributed by atoms with van der Waals surface area (Å²) in [7, 11) is 3.58. The number of amides is 1. The first-order valence-electron chi connectivity index (χ1n) is 6.25. The van der Waals surface area contributed by atoms with Crippen LogP contribution in [0.2, 0.25) is 0 Å². The Morgan fingerprint density at radius 1 is 1.32 bits per heavy atom. The predicted octanol–water partition coefficient (Wildman–Crippen LogP) is -0.0845. The zero-order chi connectivity index (χ0) is 14.6. The molecular formula is C13H20N3O3-. The molecule has 0 unspecified atom stereocenters. The van der Waals surface area contributed by atoms with Gasteiger partial charge in [-0.1, -0.05) is 0 Å². The first kappa shape index (κ1) is 15.2. The maximum absolute atomic E-state index is 11.8. The highest BCUT2D eigenvalue weighted by molar-refractivity contribution is 5.76. The van der Waals surface area contributed by atoms with Crippen molar-refractivity contribution in [3.05, 3.63) is 17.0 Å². The number of aryl methyl sites for hydroxylation is 2. The molecule has 0 aliphatic rings. The summed E-state index contributed by atoms with van der Waals surface area (Å²) in [6.45, 7) is 4.37. The van der Waals surface area contributed by atoms with Crippen molar-refractivity contribution in [2.24, 2.45) is 7.05 Å². The van der Waals surface area contributed by atoms with Crippen molar-refractivity contribution in [1.29, 1.82) is 0 Å². The third-order valence-electron chi connectivity index (χ3n) is 3.25. The lowest BCUT2D eigenvalue weighted by Gasteiger charge is -2.17. The molecule has 1 amide bonds. The SMILES string of the molecule is Cc1nn(C)c(C)c1CN(C)C(=O)CCCC(=O)[O-]. The van der Waals surface area contributed by atoms with Gasteiger partial charge in [-0.05, 0) is 26.7 Å². The fourth-order valence-electron chi connectivity index (χ4n) is 1.95. The van der Waals surface area contributed by atoms with Gasteiger partial charge in [0.05, 0.1) is 5.69 Å². The van der Waals surface area contributed by atoms with E-state index in [1.54, 1.807) is 16.6 Å². The lowest BCUT2D eigenvalue weighted by atomic mass is 10.1. The fraction of sp³-hybridized carbons (Fsp3) is 0.615. The van der Waals surface area contributed by atoms with Gasteiger partial charge in [0.1, 0.15) is 0 Å². The Balaban J connectivity index is 2.56. The van der Waals surface area contributed by atoms with Gasteiger partial charge in [-0.2, -0.15) is 5.10 Å². The maximum atomic E-state index is 11.8. The Morgan fingerprint density at radius 3 is 2.42 bits per heavy atom. The lowest BCUT2D eigenvalue weighted by Crippen LogP contribution is -2.27. The summed E-state index contributed by atoms with van der Waals surface area (Å²) in [4.78, 5) is 23.7. The van der Waals surface area contributed by atoms with Crippen LogP contribution in [-0.2, 0) is 23.2 Å². The van der Waals surface area contributed by atoms with Crippen molar-refractivity contribution in [1.82, 2.24) is 14.7 Å². The minimum atomic E-state index is -1.12. The van der Waals surface area contributed by atoms with Gasteiger partial charge in [-0.25, -0.2) is 0 Å². The van der Waals surface area contributed by atoms with Gasteiger partial charge in [-0.15, -0.1) is 0 Å². The Morgan fingerprint density at radius 2 is 1.95 bits per heavy atom. The molecule has 0 spiro atoms. The molecule has 0 saturated carbocycles. The Bertz CT molecular complexity index is 480. The third-order valence-corrected chi connectivity index (χ3v) is 3.25. The van der Waals surface area contributed by atoms with Crippen LogP contribution >= 0.6 is 0 Å². The summed E-state index contributed by atoms with van der Waals surface area (Å²) >= 11 is 0. The van der Waals surface area contributed by atoms with E-state index in [2.05, 4.69) is 5.10 Å².